The molecule has 0 atom stereocenters. The molecule has 1 aromatic carbocycles. The Morgan fingerprint density at radius 3 is 2.22 bits per heavy atom. The molecular formula is C17H22FN3O2. The maximum absolute atomic E-state index is 12.9. The Bertz CT molecular complexity index is 576. The number of hydrogen-bond acceptors (Lipinski definition) is 3. The van der Waals surface area contributed by atoms with Crippen LogP contribution in [-0.4, -0.2) is 71.8 Å². The second-order valence-corrected chi connectivity index (χ2v) is 6.30. The standard InChI is InChI=1S/C17H22FN3O2/c1-13(22)19-6-8-20(9-7-19)16-11-21(12-16)17(23)10-14-2-4-15(18)5-3-14/h2-5,16H,6-12H2,1H3. The zero-order valence-corrected chi connectivity index (χ0v) is 13.4. The van der Waals surface area contributed by atoms with Gasteiger partial charge in [-0.1, -0.05) is 12.1 Å². The molecule has 0 spiro atoms. The largest absolute Gasteiger partial charge is 0.340 e. The summed E-state index contributed by atoms with van der Waals surface area (Å²) in [6, 6.07) is 6.49. The van der Waals surface area contributed by atoms with Crippen LogP contribution in [0.1, 0.15) is 12.5 Å². The predicted molar refractivity (Wildman–Crippen MR) is 84.3 cm³/mol. The van der Waals surface area contributed by atoms with Crippen molar-refractivity contribution in [3.63, 3.8) is 0 Å². The number of rotatable bonds is 3. The minimum Gasteiger partial charge on any atom is -0.340 e. The zero-order chi connectivity index (χ0) is 16.4. The molecule has 2 saturated heterocycles. The van der Waals surface area contributed by atoms with Gasteiger partial charge >= 0.3 is 0 Å². The van der Waals surface area contributed by atoms with Gasteiger partial charge < -0.3 is 9.80 Å². The van der Waals surface area contributed by atoms with Gasteiger partial charge in [-0.15, -0.1) is 0 Å². The molecule has 6 heteroatoms. The van der Waals surface area contributed by atoms with Gasteiger partial charge in [-0.25, -0.2) is 4.39 Å². The van der Waals surface area contributed by atoms with Crippen LogP contribution in [0.15, 0.2) is 24.3 Å². The van der Waals surface area contributed by atoms with Crippen LogP contribution in [0.2, 0.25) is 0 Å². The summed E-state index contributed by atoms with van der Waals surface area (Å²) < 4.78 is 12.9. The van der Waals surface area contributed by atoms with Crippen molar-refractivity contribution in [2.24, 2.45) is 0 Å². The number of benzene rings is 1. The highest BCUT2D eigenvalue weighted by atomic mass is 19.1. The summed E-state index contributed by atoms with van der Waals surface area (Å²) in [7, 11) is 0. The summed E-state index contributed by atoms with van der Waals surface area (Å²) in [5, 5.41) is 0. The van der Waals surface area contributed by atoms with Gasteiger partial charge in [0.25, 0.3) is 0 Å². The molecule has 0 unspecified atom stereocenters. The lowest BCUT2D eigenvalue weighted by molar-refractivity contribution is -0.139. The molecule has 0 aromatic heterocycles. The van der Waals surface area contributed by atoms with Gasteiger partial charge in [0.2, 0.25) is 11.8 Å². The van der Waals surface area contributed by atoms with Crippen molar-refractivity contribution in [2.75, 3.05) is 39.3 Å². The van der Waals surface area contributed by atoms with Gasteiger partial charge in [-0.3, -0.25) is 14.5 Å². The van der Waals surface area contributed by atoms with E-state index < -0.39 is 0 Å². The second kappa shape index (κ2) is 6.66. The zero-order valence-electron chi connectivity index (χ0n) is 13.4. The van der Waals surface area contributed by atoms with E-state index in [0.717, 1.165) is 44.8 Å². The normalized spacial score (nSPS) is 19.6. The Labute approximate surface area is 135 Å². The number of likely N-dealkylation sites (tertiary alicyclic amines) is 1. The van der Waals surface area contributed by atoms with E-state index in [9.17, 15) is 14.0 Å². The van der Waals surface area contributed by atoms with Crippen molar-refractivity contribution in [2.45, 2.75) is 19.4 Å². The van der Waals surface area contributed by atoms with Crippen molar-refractivity contribution in [1.82, 2.24) is 14.7 Å². The molecule has 124 valence electrons. The van der Waals surface area contributed by atoms with Crippen LogP contribution < -0.4 is 0 Å². The molecule has 0 N–H and O–H groups in total. The smallest absolute Gasteiger partial charge is 0.227 e. The van der Waals surface area contributed by atoms with Crippen LogP contribution in [0, 0.1) is 5.82 Å². The molecule has 2 aliphatic rings. The van der Waals surface area contributed by atoms with E-state index in [0.29, 0.717) is 12.5 Å². The Morgan fingerprint density at radius 2 is 1.65 bits per heavy atom. The van der Waals surface area contributed by atoms with Gasteiger partial charge in [0.1, 0.15) is 5.82 Å². The summed E-state index contributed by atoms with van der Waals surface area (Å²) in [5.41, 5.74) is 0.843. The van der Waals surface area contributed by atoms with E-state index >= 15 is 0 Å². The third-order valence-corrected chi connectivity index (χ3v) is 4.76. The van der Waals surface area contributed by atoms with Crippen LogP contribution >= 0.6 is 0 Å². The van der Waals surface area contributed by atoms with Crippen LogP contribution in [0.5, 0.6) is 0 Å². The van der Waals surface area contributed by atoms with Crippen molar-refractivity contribution >= 4 is 11.8 Å². The predicted octanol–water partition coefficient (Wildman–Crippen LogP) is 0.743. The average Bonchev–Trinajstić information content (AvgIpc) is 2.48. The molecule has 2 amide bonds. The molecule has 0 aliphatic carbocycles. The van der Waals surface area contributed by atoms with Crippen LogP contribution in [0.25, 0.3) is 0 Å². The maximum atomic E-state index is 12.9. The van der Waals surface area contributed by atoms with Crippen molar-refractivity contribution < 1.29 is 14.0 Å². The van der Waals surface area contributed by atoms with Crippen molar-refractivity contribution in [3.8, 4) is 0 Å². The topological polar surface area (TPSA) is 43.9 Å². The van der Waals surface area contributed by atoms with Crippen LogP contribution in [-0.2, 0) is 16.0 Å². The van der Waals surface area contributed by atoms with E-state index in [1.165, 1.54) is 12.1 Å². The van der Waals surface area contributed by atoms with Gasteiger partial charge in [0, 0.05) is 52.2 Å². The minimum absolute atomic E-state index is 0.0928. The second-order valence-electron chi connectivity index (χ2n) is 6.30. The van der Waals surface area contributed by atoms with Gasteiger partial charge in [0.05, 0.1) is 6.42 Å². The average molecular weight is 319 g/mol. The van der Waals surface area contributed by atoms with Crippen molar-refractivity contribution in [3.05, 3.63) is 35.6 Å². The summed E-state index contributed by atoms with van der Waals surface area (Å²) >= 11 is 0. The fraction of sp³-hybridized carbons (Fsp3) is 0.529. The van der Waals surface area contributed by atoms with Gasteiger partial charge in [-0.2, -0.15) is 0 Å². The number of halogens is 1. The highest BCUT2D eigenvalue weighted by Crippen LogP contribution is 2.18. The molecule has 5 nitrogen and oxygen atoms in total. The SMILES string of the molecule is CC(=O)N1CCN(C2CN(C(=O)Cc3ccc(F)cc3)C2)CC1. The van der Waals surface area contributed by atoms with Crippen LogP contribution in [0.3, 0.4) is 0 Å². The lowest BCUT2D eigenvalue weighted by Gasteiger charge is -2.48. The molecule has 2 aliphatic heterocycles. The molecule has 0 saturated carbocycles. The number of nitrogens with zero attached hydrogens (tertiary/aromatic N) is 3. The molecule has 0 bridgehead atoms. The molecular weight excluding hydrogens is 297 g/mol. The highest BCUT2D eigenvalue weighted by Gasteiger charge is 2.36. The fourth-order valence-electron chi connectivity index (χ4n) is 3.18. The fourth-order valence-corrected chi connectivity index (χ4v) is 3.18. The van der Waals surface area contributed by atoms with Gasteiger partial charge in [0.15, 0.2) is 0 Å². The third-order valence-electron chi connectivity index (χ3n) is 4.76. The Morgan fingerprint density at radius 1 is 1.04 bits per heavy atom. The van der Waals surface area contributed by atoms with E-state index in [1.807, 2.05) is 9.80 Å². The first-order valence-corrected chi connectivity index (χ1v) is 8.04. The number of amides is 2. The first-order chi connectivity index (χ1) is 11.0. The number of carbonyl (C=O) groups excluding carboxylic acids is 2. The number of piperazine rings is 1. The first kappa shape index (κ1) is 15.9. The molecule has 3 rings (SSSR count). The maximum Gasteiger partial charge on any atom is 0.227 e. The van der Waals surface area contributed by atoms with Crippen LogP contribution in [0.4, 0.5) is 4.39 Å². The monoisotopic (exact) mass is 319 g/mol. The summed E-state index contributed by atoms with van der Waals surface area (Å²) in [5.74, 6) is -0.0560. The van der Waals surface area contributed by atoms with E-state index in [1.54, 1.807) is 19.1 Å². The number of carbonyl (C=O) groups is 2. The molecule has 0 radical (unpaired) electrons. The lowest BCUT2D eigenvalue weighted by atomic mass is 10.0. The quantitative estimate of drug-likeness (QED) is 0.825. The van der Waals surface area contributed by atoms with E-state index in [4.69, 9.17) is 0 Å². The first-order valence-electron chi connectivity index (χ1n) is 8.04. The molecule has 2 heterocycles. The molecule has 2 fully saturated rings. The highest BCUT2D eigenvalue weighted by molar-refractivity contribution is 5.79. The summed E-state index contributed by atoms with van der Waals surface area (Å²) in [4.78, 5) is 29.6. The van der Waals surface area contributed by atoms with Gasteiger partial charge in [-0.05, 0) is 17.7 Å². The molecule has 23 heavy (non-hydrogen) atoms. The Kier molecular flexibility index (Phi) is 4.61. The minimum atomic E-state index is -0.282. The van der Waals surface area contributed by atoms with Crippen molar-refractivity contribution in [1.29, 1.82) is 0 Å². The Hall–Kier alpha value is -1.95. The third kappa shape index (κ3) is 3.69. The lowest BCUT2D eigenvalue weighted by Crippen LogP contribution is -2.64. The van der Waals surface area contributed by atoms with E-state index in [2.05, 4.69) is 4.90 Å². The number of hydrogen-bond donors (Lipinski definition) is 0. The summed E-state index contributed by atoms with van der Waals surface area (Å²) in [6.07, 6.45) is 0.325. The Balaban J connectivity index is 1.43. The molecule has 1 aromatic rings. The summed E-state index contributed by atoms with van der Waals surface area (Å²) in [6.45, 7) is 6.41. The van der Waals surface area contributed by atoms with E-state index in [-0.39, 0.29) is 17.6 Å².